The molecule has 0 spiro atoms. The lowest BCUT2D eigenvalue weighted by Crippen LogP contribution is -2.45. The number of nitro groups is 1. The van der Waals surface area contributed by atoms with Crippen LogP contribution in [0.15, 0.2) is 34.6 Å². The van der Waals surface area contributed by atoms with E-state index in [1.54, 1.807) is 22.7 Å². The highest BCUT2D eigenvalue weighted by Crippen LogP contribution is 2.32. The molecule has 4 heterocycles. The maximum Gasteiger partial charge on any atom is 0.326 e. The Hall–Kier alpha value is -2.30. The van der Waals surface area contributed by atoms with Gasteiger partial charge in [0, 0.05) is 56.4 Å². The van der Waals surface area contributed by atoms with Crippen molar-refractivity contribution in [2.24, 2.45) is 0 Å². The smallest absolute Gasteiger partial charge is 0.326 e. The number of fused-ring (bicyclic) bond motifs is 1. The third-order valence-corrected chi connectivity index (χ3v) is 6.04. The average Bonchev–Trinajstić information content (AvgIpc) is 3.25. The average molecular weight is 377 g/mol. The van der Waals surface area contributed by atoms with Gasteiger partial charge in [-0.25, -0.2) is 4.98 Å². The predicted molar refractivity (Wildman–Crippen MR) is 97.8 cm³/mol. The van der Waals surface area contributed by atoms with E-state index < -0.39 is 0 Å². The van der Waals surface area contributed by atoms with Crippen LogP contribution in [0.5, 0.6) is 0 Å². The highest BCUT2D eigenvalue weighted by Gasteiger charge is 2.21. The highest BCUT2D eigenvalue weighted by atomic mass is 32.1. The van der Waals surface area contributed by atoms with Crippen molar-refractivity contribution < 1.29 is 4.92 Å². The van der Waals surface area contributed by atoms with Crippen molar-refractivity contribution in [1.82, 2.24) is 14.3 Å². The van der Waals surface area contributed by atoms with E-state index in [4.69, 9.17) is 0 Å². The summed E-state index contributed by atoms with van der Waals surface area (Å²) in [5.74, 6) is 0. The van der Waals surface area contributed by atoms with Crippen LogP contribution < -0.4 is 10.5 Å². The molecule has 3 aromatic rings. The molecule has 130 valence electrons. The Morgan fingerprint density at radius 1 is 1.24 bits per heavy atom. The van der Waals surface area contributed by atoms with Gasteiger partial charge in [0.15, 0.2) is 4.96 Å². The second-order valence-electron chi connectivity index (χ2n) is 5.77. The van der Waals surface area contributed by atoms with E-state index in [0.717, 1.165) is 36.9 Å². The van der Waals surface area contributed by atoms with E-state index in [1.807, 2.05) is 11.4 Å². The zero-order valence-electron chi connectivity index (χ0n) is 13.2. The van der Waals surface area contributed by atoms with Gasteiger partial charge in [0.1, 0.15) is 0 Å². The molecule has 8 nitrogen and oxygen atoms in total. The summed E-state index contributed by atoms with van der Waals surface area (Å²) < 4.78 is 1.55. The minimum atomic E-state index is -0.352. The molecule has 4 rings (SSSR count). The van der Waals surface area contributed by atoms with Gasteiger partial charge in [-0.3, -0.25) is 24.2 Å². The van der Waals surface area contributed by atoms with Crippen molar-refractivity contribution in [2.75, 3.05) is 31.1 Å². The highest BCUT2D eigenvalue weighted by molar-refractivity contribution is 7.19. The summed E-state index contributed by atoms with van der Waals surface area (Å²) in [5.41, 5.74) is 0.735. The fourth-order valence-corrected chi connectivity index (χ4v) is 4.52. The maximum atomic E-state index is 12.0. The van der Waals surface area contributed by atoms with Gasteiger partial charge in [-0.15, -0.1) is 11.3 Å². The zero-order valence-corrected chi connectivity index (χ0v) is 14.8. The first-order chi connectivity index (χ1) is 12.1. The lowest BCUT2D eigenvalue weighted by Gasteiger charge is -2.34. The van der Waals surface area contributed by atoms with Crippen LogP contribution in [0.25, 0.3) is 4.96 Å². The lowest BCUT2D eigenvalue weighted by molar-refractivity contribution is -0.380. The molecule has 3 aromatic heterocycles. The summed E-state index contributed by atoms with van der Waals surface area (Å²) in [5, 5.41) is 13.8. The minimum absolute atomic E-state index is 0.0502. The number of rotatable bonds is 4. The number of hydrogen-bond donors (Lipinski definition) is 0. The summed E-state index contributed by atoms with van der Waals surface area (Å²) in [7, 11) is 0. The van der Waals surface area contributed by atoms with Gasteiger partial charge >= 0.3 is 5.00 Å². The van der Waals surface area contributed by atoms with Crippen LogP contribution in [-0.4, -0.2) is 45.4 Å². The molecule has 0 amide bonds. The quantitative estimate of drug-likeness (QED) is 0.511. The molecule has 0 unspecified atom stereocenters. The number of anilines is 1. The fraction of sp³-hybridized carbons (Fsp3) is 0.333. The Labute approximate surface area is 150 Å². The molecule has 0 N–H and O–H groups in total. The van der Waals surface area contributed by atoms with E-state index in [0.29, 0.717) is 11.5 Å². The third-order valence-electron chi connectivity index (χ3n) is 4.18. The Bertz CT molecular complexity index is 971. The predicted octanol–water partition coefficient (Wildman–Crippen LogP) is 2.05. The molecule has 0 saturated carbocycles. The zero-order chi connectivity index (χ0) is 17.4. The van der Waals surface area contributed by atoms with Gasteiger partial charge in [0.25, 0.3) is 5.56 Å². The molecule has 1 aliphatic rings. The molecule has 0 aromatic carbocycles. The van der Waals surface area contributed by atoms with Crippen molar-refractivity contribution >= 4 is 37.6 Å². The largest absolute Gasteiger partial charge is 0.361 e. The van der Waals surface area contributed by atoms with Gasteiger partial charge in [-0.1, -0.05) is 0 Å². The number of thiophene rings is 1. The number of piperazine rings is 1. The maximum absolute atomic E-state index is 12.0. The van der Waals surface area contributed by atoms with Gasteiger partial charge < -0.3 is 4.90 Å². The van der Waals surface area contributed by atoms with Crippen LogP contribution in [0.2, 0.25) is 0 Å². The Kier molecular flexibility index (Phi) is 4.24. The molecule has 10 heteroatoms. The SMILES string of the molecule is O=c1cc(CN2CCN(c3ccc([N+](=O)[O-])s3)CC2)nc2sccn12. The monoisotopic (exact) mass is 377 g/mol. The van der Waals surface area contributed by atoms with Crippen LogP contribution in [0.3, 0.4) is 0 Å². The molecule has 1 saturated heterocycles. The van der Waals surface area contributed by atoms with Crippen LogP contribution in [0.4, 0.5) is 10.0 Å². The van der Waals surface area contributed by atoms with E-state index in [1.165, 1.54) is 22.7 Å². The molecule has 0 bridgehead atoms. The van der Waals surface area contributed by atoms with E-state index in [2.05, 4.69) is 14.8 Å². The standard InChI is InChI=1S/C15H15N5O3S2/c21-12-9-11(16-15-19(12)7-8-24-15)10-17-3-5-18(6-4-17)13-1-2-14(25-13)20(22)23/h1-2,7-9H,3-6,10H2. The molecule has 25 heavy (non-hydrogen) atoms. The van der Waals surface area contributed by atoms with E-state index >= 15 is 0 Å². The first-order valence-corrected chi connectivity index (χ1v) is 9.47. The first-order valence-electron chi connectivity index (χ1n) is 7.77. The van der Waals surface area contributed by atoms with Crippen LogP contribution in [-0.2, 0) is 6.54 Å². The Morgan fingerprint density at radius 2 is 2.04 bits per heavy atom. The first kappa shape index (κ1) is 16.2. The van der Waals surface area contributed by atoms with E-state index in [9.17, 15) is 14.9 Å². The van der Waals surface area contributed by atoms with Gasteiger partial charge in [0.2, 0.25) is 0 Å². The van der Waals surface area contributed by atoms with Crippen molar-refractivity contribution in [3.05, 3.63) is 55.9 Å². The molecular formula is C15H15N5O3S2. The number of aromatic nitrogens is 2. The number of thiazole rings is 1. The molecule has 0 radical (unpaired) electrons. The molecule has 1 aliphatic heterocycles. The molecule has 1 fully saturated rings. The fourth-order valence-electron chi connectivity index (χ4n) is 2.91. The summed E-state index contributed by atoms with van der Waals surface area (Å²) >= 11 is 2.66. The summed E-state index contributed by atoms with van der Waals surface area (Å²) in [6.45, 7) is 3.91. The van der Waals surface area contributed by atoms with Crippen molar-refractivity contribution in [3.63, 3.8) is 0 Å². The summed E-state index contributed by atoms with van der Waals surface area (Å²) in [6, 6.07) is 4.96. The molecule has 0 atom stereocenters. The second kappa shape index (κ2) is 6.54. The van der Waals surface area contributed by atoms with Crippen molar-refractivity contribution in [2.45, 2.75) is 6.54 Å². The van der Waals surface area contributed by atoms with E-state index in [-0.39, 0.29) is 15.5 Å². The number of nitrogens with zero attached hydrogens (tertiary/aromatic N) is 5. The summed E-state index contributed by atoms with van der Waals surface area (Å²) in [6.07, 6.45) is 1.73. The van der Waals surface area contributed by atoms with Crippen LogP contribution in [0, 0.1) is 10.1 Å². The molecular weight excluding hydrogens is 362 g/mol. The Morgan fingerprint density at radius 3 is 2.76 bits per heavy atom. The van der Waals surface area contributed by atoms with Crippen LogP contribution >= 0.6 is 22.7 Å². The minimum Gasteiger partial charge on any atom is -0.361 e. The topological polar surface area (TPSA) is 84.0 Å². The molecule has 0 aliphatic carbocycles. The van der Waals surface area contributed by atoms with Gasteiger partial charge in [-0.2, -0.15) is 0 Å². The number of hydrogen-bond acceptors (Lipinski definition) is 8. The lowest BCUT2D eigenvalue weighted by atomic mass is 10.3. The van der Waals surface area contributed by atoms with Crippen LogP contribution in [0.1, 0.15) is 5.69 Å². The second-order valence-corrected chi connectivity index (χ2v) is 7.69. The van der Waals surface area contributed by atoms with Crippen molar-refractivity contribution in [3.8, 4) is 0 Å². The normalized spacial score (nSPS) is 15.8. The summed E-state index contributed by atoms with van der Waals surface area (Å²) in [4.78, 5) is 32.2. The van der Waals surface area contributed by atoms with Crippen molar-refractivity contribution in [1.29, 1.82) is 0 Å². The van der Waals surface area contributed by atoms with Gasteiger partial charge in [0.05, 0.1) is 15.6 Å². The van der Waals surface area contributed by atoms with Gasteiger partial charge in [-0.05, 0) is 17.4 Å². The Balaban J connectivity index is 1.41. The third kappa shape index (κ3) is 3.28.